The average Bonchev–Trinajstić information content (AvgIpc) is 2.68. The van der Waals surface area contributed by atoms with Gasteiger partial charge in [-0.25, -0.2) is 0 Å². The predicted octanol–water partition coefficient (Wildman–Crippen LogP) is 1.42. The number of aryl methyl sites for hydroxylation is 1. The molecule has 0 aliphatic rings. The fourth-order valence-corrected chi connectivity index (χ4v) is 1.70. The number of nitrogens with one attached hydrogen (secondary N) is 1. The summed E-state index contributed by atoms with van der Waals surface area (Å²) in [5.41, 5.74) is 7.46. The second kappa shape index (κ2) is 4.93. The van der Waals surface area contributed by atoms with Gasteiger partial charge in [-0.1, -0.05) is 0 Å². The van der Waals surface area contributed by atoms with Gasteiger partial charge < -0.3 is 11.1 Å². The Hall–Kier alpha value is -2.63. The fourth-order valence-electron chi connectivity index (χ4n) is 1.70. The molecule has 98 valence electrons. The number of rotatable bonds is 2. The van der Waals surface area contributed by atoms with Gasteiger partial charge in [0, 0.05) is 24.2 Å². The molecule has 0 fully saturated rings. The fraction of sp³-hybridized carbons (Fsp3) is 0.154. The van der Waals surface area contributed by atoms with Crippen LogP contribution in [-0.4, -0.2) is 21.6 Å². The van der Waals surface area contributed by atoms with Crippen LogP contribution >= 0.6 is 0 Å². The van der Waals surface area contributed by atoms with E-state index in [2.05, 4.69) is 10.4 Å². The quantitative estimate of drug-likeness (QED) is 0.852. The molecule has 0 saturated carbocycles. The van der Waals surface area contributed by atoms with E-state index >= 15 is 0 Å². The van der Waals surface area contributed by atoms with Gasteiger partial charge in [-0.3, -0.25) is 9.59 Å². The van der Waals surface area contributed by atoms with Gasteiger partial charge in [-0.15, -0.1) is 0 Å². The first kappa shape index (κ1) is 12.8. The van der Waals surface area contributed by atoms with E-state index in [1.807, 2.05) is 0 Å². The van der Waals surface area contributed by atoms with Crippen LogP contribution < -0.4 is 11.1 Å². The van der Waals surface area contributed by atoms with Gasteiger partial charge in [0.25, 0.3) is 5.91 Å². The number of carbonyl (C=O) groups excluding carboxylic acids is 2. The van der Waals surface area contributed by atoms with Crippen molar-refractivity contribution in [2.45, 2.75) is 13.8 Å². The summed E-state index contributed by atoms with van der Waals surface area (Å²) in [6.07, 6.45) is 0. The zero-order valence-corrected chi connectivity index (χ0v) is 10.7. The van der Waals surface area contributed by atoms with Crippen LogP contribution in [0.2, 0.25) is 0 Å². The number of nitrogen functional groups attached to an aromatic ring is 1. The van der Waals surface area contributed by atoms with Crippen LogP contribution in [0.3, 0.4) is 0 Å². The number of hydrogen-bond donors (Lipinski definition) is 2. The molecule has 0 atom stereocenters. The maximum absolute atomic E-state index is 12.1. The summed E-state index contributed by atoms with van der Waals surface area (Å²) in [6.45, 7) is 3.19. The SMILES string of the molecule is CC(=O)Nc1ccc(C(=O)n2nc(C)cc2N)cc1. The van der Waals surface area contributed by atoms with E-state index in [-0.39, 0.29) is 11.8 Å². The van der Waals surface area contributed by atoms with E-state index in [1.54, 1.807) is 37.3 Å². The highest BCUT2D eigenvalue weighted by Gasteiger charge is 2.13. The highest BCUT2D eigenvalue weighted by molar-refractivity contribution is 5.97. The molecule has 1 heterocycles. The number of amides is 1. The zero-order valence-electron chi connectivity index (χ0n) is 10.7. The van der Waals surface area contributed by atoms with Crippen LogP contribution in [0.15, 0.2) is 30.3 Å². The van der Waals surface area contributed by atoms with Crippen molar-refractivity contribution >= 4 is 23.3 Å². The average molecular weight is 258 g/mol. The molecule has 2 rings (SSSR count). The lowest BCUT2D eigenvalue weighted by Gasteiger charge is -2.05. The van der Waals surface area contributed by atoms with Gasteiger partial charge in [0.05, 0.1) is 5.69 Å². The van der Waals surface area contributed by atoms with Crippen molar-refractivity contribution < 1.29 is 9.59 Å². The van der Waals surface area contributed by atoms with Crippen LogP contribution in [0, 0.1) is 6.92 Å². The molecule has 19 heavy (non-hydrogen) atoms. The van der Waals surface area contributed by atoms with Gasteiger partial charge in [0.2, 0.25) is 5.91 Å². The third-order valence-electron chi connectivity index (χ3n) is 2.50. The Bertz CT molecular complexity index is 629. The number of anilines is 2. The van der Waals surface area contributed by atoms with E-state index in [1.165, 1.54) is 6.92 Å². The van der Waals surface area contributed by atoms with E-state index in [9.17, 15) is 9.59 Å². The predicted molar refractivity (Wildman–Crippen MR) is 71.9 cm³/mol. The minimum Gasteiger partial charge on any atom is -0.383 e. The van der Waals surface area contributed by atoms with Crippen molar-refractivity contribution in [3.63, 3.8) is 0 Å². The Morgan fingerprint density at radius 2 is 1.89 bits per heavy atom. The van der Waals surface area contributed by atoms with Crippen molar-refractivity contribution in [1.82, 2.24) is 9.78 Å². The summed E-state index contributed by atoms with van der Waals surface area (Å²) in [6, 6.07) is 8.17. The maximum Gasteiger partial charge on any atom is 0.280 e. The lowest BCUT2D eigenvalue weighted by Crippen LogP contribution is -2.16. The van der Waals surface area contributed by atoms with E-state index in [0.717, 1.165) is 4.68 Å². The van der Waals surface area contributed by atoms with Crippen LogP contribution in [0.1, 0.15) is 23.0 Å². The Balaban J connectivity index is 2.25. The summed E-state index contributed by atoms with van der Waals surface area (Å²) in [7, 11) is 0. The molecule has 0 aliphatic carbocycles. The Labute approximate surface area is 110 Å². The molecule has 1 amide bonds. The van der Waals surface area contributed by atoms with Crippen molar-refractivity contribution in [2.75, 3.05) is 11.1 Å². The highest BCUT2D eigenvalue weighted by Crippen LogP contribution is 2.13. The van der Waals surface area contributed by atoms with Crippen LogP contribution in [0.25, 0.3) is 0 Å². The van der Waals surface area contributed by atoms with Crippen molar-refractivity contribution in [3.8, 4) is 0 Å². The molecule has 1 aromatic carbocycles. The number of hydrogen-bond acceptors (Lipinski definition) is 4. The number of carbonyl (C=O) groups is 2. The number of aromatic nitrogens is 2. The van der Waals surface area contributed by atoms with E-state index in [4.69, 9.17) is 5.73 Å². The minimum atomic E-state index is -0.306. The molecule has 0 aliphatic heterocycles. The first-order valence-corrected chi connectivity index (χ1v) is 5.72. The highest BCUT2D eigenvalue weighted by atomic mass is 16.2. The van der Waals surface area contributed by atoms with Crippen LogP contribution in [-0.2, 0) is 4.79 Å². The molecule has 0 radical (unpaired) electrons. The van der Waals surface area contributed by atoms with Gasteiger partial charge in [0.1, 0.15) is 5.82 Å². The van der Waals surface area contributed by atoms with Crippen LogP contribution in [0.5, 0.6) is 0 Å². The summed E-state index contributed by atoms with van der Waals surface area (Å²) in [4.78, 5) is 23.0. The van der Waals surface area contributed by atoms with Crippen LogP contribution in [0.4, 0.5) is 11.5 Å². The van der Waals surface area contributed by atoms with Crippen molar-refractivity contribution in [3.05, 3.63) is 41.6 Å². The van der Waals surface area contributed by atoms with Gasteiger partial charge in [0.15, 0.2) is 0 Å². The second-order valence-electron chi connectivity index (χ2n) is 4.19. The summed E-state index contributed by atoms with van der Waals surface area (Å²) >= 11 is 0. The zero-order chi connectivity index (χ0) is 14.0. The number of nitrogens with zero attached hydrogens (tertiary/aromatic N) is 2. The van der Waals surface area contributed by atoms with Gasteiger partial charge in [-0.2, -0.15) is 9.78 Å². The second-order valence-corrected chi connectivity index (χ2v) is 4.19. The molecular weight excluding hydrogens is 244 g/mol. The normalized spacial score (nSPS) is 10.2. The molecule has 2 aromatic rings. The van der Waals surface area contributed by atoms with E-state index in [0.29, 0.717) is 22.8 Å². The maximum atomic E-state index is 12.1. The topological polar surface area (TPSA) is 90.0 Å². The molecule has 6 heteroatoms. The summed E-state index contributed by atoms with van der Waals surface area (Å²) in [5.74, 6) is -0.167. The number of nitrogens with two attached hydrogens (primary N) is 1. The Morgan fingerprint density at radius 1 is 1.26 bits per heavy atom. The Morgan fingerprint density at radius 3 is 2.37 bits per heavy atom. The summed E-state index contributed by atoms with van der Waals surface area (Å²) < 4.78 is 1.16. The lowest BCUT2D eigenvalue weighted by atomic mass is 10.2. The molecule has 0 spiro atoms. The molecule has 0 saturated heterocycles. The lowest BCUT2D eigenvalue weighted by molar-refractivity contribution is -0.114. The van der Waals surface area contributed by atoms with Gasteiger partial charge in [-0.05, 0) is 31.2 Å². The molecule has 1 aromatic heterocycles. The first-order valence-electron chi connectivity index (χ1n) is 5.72. The first-order chi connectivity index (χ1) is 8.97. The molecule has 3 N–H and O–H groups in total. The Kier molecular flexibility index (Phi) is 3.33. The third kappa shape index (κ3) is 2.79. The minimum absolute atomic E-state index is 0.161. The molecule has 0 unspecified atom stereocenters. The molecular formula is C13H14N4O2. The molecule has 0 bridgehead atoms. The largest absolute Gasteiger partial charge is 0.383 e. The smallest absolute Gasteiger partial charge is 0.280 e. The van der Waals surface area contributed by atoms with Gasteiger partial charge >= 0.3 is 0 Å². The van der Waals surface area contributed by atoms with E-state index < -0.39 is 0 Å². The third-order valence-corrected chi connectivity index (χ3v) is 2.50. The summed E-state index contributed by atoms with van der Waals surface area (Å²) in [5, 5.41) is 6.66. The monoisotopic (exact) mass is 258 g/mol. The van der Waals surface area contributed by atoms with Crippen molar-refractivity contribution in [2.24, 2.45) is 0 Å². The van der Waals surface area contributed by atoms with Crippen molar-refractivity contribution in [1.29, 1.82) is 0 Å². The molecule has 6 nitrogen and oxygen atoms in total. The standard InChI is InChI=1S/C13H14N4O2/c1-8-7-12(14)17(16-8)13(19)10-3-5-11(6-4-10)15-9(2)18/h3-7H,14H2,1-2H3,(H,15,18). The number of benzene rings is 1.